The minimum absolute atomic E-state index is 0.0776. The smallest absolute Gasteiger partial charge is 0.409 e. The van der Waals surface area contributed by atoms with Gasteiger partial charge >= 0.3 is 12.1 Å². The molecule has 1 fully saturated rings. The molecule has 27 heavy (non-hydrogen) atoms. The van der Waals surface area contributed by atoms with Gasteiger partial charge < -0.3 is 25.2 Å². The Bertz CT molecular complexity index is 697. The Balaban J connectivity index is 1.96. The fraction of sp³-hybridized carbons (Fsp3) is 0.526. The molecule has 1 saturated heterocycles. The maximum absolute atomic E-state index is 12.6. The molecule has 4 amide bonds. The van der Waals surface area contributed by atoms with Gasteiger partial charge in [-0.2, -0.15) is 0 Å². The molecule has 2 N–H and O–H groups in total. The molecule has 0 spiro atoms. The van der Waals surface area contributed by atoms with Gasteiger partial charge in [0.15, 0.2) is 0 Å². The van der Waals surface area contributed by atoms with Crippen LogP contribution in [-0.4, -0.2) is 60.6 Å². The van der Waals surface area contributed by atoms with Crippen LogP contribution in [0.3, 0.4) is 0 Å². The molecule has 0 saturated carbocycles. The first kappa shape index (κ1) is 20.5. The zero-order valence-electron chi connectivity index (χ0n) is 16.4. The number of benzene rings is 1. The van der Waals surface area contributed by atoms with Crippen LogP contribution in [0.1, 0.15) is 26.3 Å². The van der Waals surface area contributed by atoms with Gasteiger partial charge in [0, 0.05) is 43.5 Å². The second-order valence-electron chi connectivity index (χ2n) is 6.78. The Hall–Kier alpha value is -2.77. The van der Waals surface area contributed by atoms with Crippen LogP contribution in [0, 0.1) is 12.8 Å². The van der Waals surface area contributed by atoms with Crippen LogP contribution in [0.5, 0.6) is 0 Å². The topological polar surface area (TPSA) is 91.0 Å². The third kappa shape index (κ3) is 5.60. The summed E-state index contributed by atoms with van der Waals surface area (Å²) in [5.41, 5.74) is 2.19. The summed E-state index contributed by atoms with van der Waals surface area (Å²) < 4.78 is 4.98. The monoisotopic (exact) mass is 376 g/mol. The average Bonchev–Trinajstić information content (AvgIpc) is 2.64. The lowest BCUT2D eigenvalue weighted by molar-refractivity contribution is -0.118. The molecular formula is C19H28N4O4. The summed E-state index contributed by atoms with van der Waals surface area (Å²) in [6.45, 7) is 9.39. The number of hydrogen-bond acceptors (Lipinski definition) is 4. The maximum atomic E-state index is 12.6. The molecule has 2 rings (SSSR count). The van der Waals surface area contributed by atoms with Crippen LogP contribution in [0.15, 0.2) is 18.2 Å². The van der Waals surface area contributed by atoms with Crippen molar-refractivity contribution >= 4 is 29.4 Å². The van der Waals surface area contributed by atoms with E-state index >= 15 is 0 Å². The lowest BCUT2D eigenvalue weighted by Gasteiger charge is -2.34. The highest BCUT2D eigenvalue weighted by Gasteiger charge is 2.25. The SMILES string of the molecule is CCOC(=O)N1CCN(C(=O)Nc2cc(NC(=O)C(C)C)ccc2C)CC1. The van der Waals surface area contributed by atoms with Crippen LogP contribution >= 0.6 is 0 Å². The van der Waals surface area contributed by atoms with E-state index in [0.29, 0.717) is 44.2 Å². The van der Waals surface area contributed by atoms with Crippen molar-refractivity contribution in [3.05, 3.63) is 23.8 Å². The van der Waals surface area contributed by atoms with Crippen molar-refractivity contribution in [1.29, 1.82) is 0 Å². The van der Waals surface area contributed by atoms with Crippen molar-refractivity contribution in [2.75, 3.05) is 43.4 Å². The number of hydrogen-bond donors (Lipinski definition) is 2. The Morgan fingerprint density at radius 3 is 2.30 bits per heavy atom. The molecule has 8 heteroatoms. The molecule has 0 bridgehead atoms. The van der Waals surface area contributed by atoms with Crippen molar-refractivity contribution in [2.45, 2.75) is 27.7 Å². The molecule has 0 aromatic heterocycles. The van der Waals surface area contributed by atoms with Gasteiger partial charge in [0.05, 0.1) is 6.61 Å². The van der Waals surface area contributed by atoms with Crippen LogP contribution in [0.25, 0.3) is 0 Å². The molecule has 1 aromatic rings. The number of nitrogens with zero attached hydrogens (tertiary/aromatic N) is 2. The first-order chi connectivity index (χ1) is 12.8. The molecule has 1 aliphatic heterocycles. The summed E-state index contributed by atoms with van der Waals surface area (Å²) in [6, 6.07) is 5.18. The minimum Gasteiger partial charge on any atom is -0.450 e. The molecule has 148 valence electrons. The second-order valence-corrected chi connectivity index (χ2v) is 6.78. The predicted molar refractivity (Wildman–Crippen MR) is 104 cm³/mol. The predicted octanol–water partition coefficient (Wildman–Crippen LogP) is 2.90. The number of piperazine rings is 1. The molecule has 0 atom stereocenters. The van der Waals surface area contributed by atoms with E-state index < -0.39 is 0 Å². The second kappa shape index (κ2) is 9.25. The summed E-state index contributed by atoms with van der Waals surface area (Å²) in [4.78, 5) is 39.4. The number of amides is 4. The molecule has 8 nitrogen and oxygen atoms in total. The summed E-state index contributed by atoms with van der Waals surface area (Å²) in [5, 5.41) is 5.72. The summed E-state index contributed by atoms with van der Waals surface area (Å²) in [5.74, 6) is -0.203. The Kier molecular flexibility index (Phi) is 7.04. The zero-order valence-corrected chi connectivity index (χ0v) is 16.4. The number of carbonyl (C=O) groups excluding carboxylic acids is 3. The van der Waals surface area contributed by atoms with E-state index in [9.17, 15) is 14.4 Å². The van der Waals surface area contributed by atoms with Gasteiger partial charge in [0.1, 0.15) is 0 Å². The van der Waals surface area contributed by atoms with Crippen molar-refractivity contribution in [2.24, 2.45) is 5.92 Å². The number of urea groups is 1. The molecule has 0 aliphatic carbocycles. The fourth-order valence-electron chi connectivity index (χ4n) is 2.62. The molecule has 1 heterocycles. The number of carbonyl (C=O) groups is 3. The lowest BCUT2D eigenvalue weighted by Crippen LogP contribution is -2.51. The van der Waals surface area contributed by atoms with Gasteiger partial charge in [-0.1, -0.05) is 19.9 Å². The van der Waals surface area contributed by atoms with Gasteiger partial charge in [-0.3, -0.25) is 4.79 Å². The molecule has 0 unspecified atom stereocenters. The molecule has 1 aromatic carbocycles. The van der Waals surface area contributed by atoms with Crippen LogP contribution in [0.4, 0.5) is 21.0 Å². The third-order valence-electron chi connectivity index (χ3n) is 4.36. The zero-order chi connectivity index (χ0) is 20.0. The minimum atomic E-state index is -0.345. The van der Waals surface area contributed by atoms with Crippen LogP contribution < -0.4 is 10.6 Å². The average molecular weight is 376 g/mol. The van der Waals surface area contributed by atoms with Crippen molar-refractivity contribution in [3.63, 3.8) is 0 Å². The van der Waals surface area contributed by atoms with E-state index in [4.69, 9.17) is 4.74 Å². The highest BCUT2D eigenvalue weighted by atomic mass is 16.6. The first-order valence-electron chi connectivity index (χ1n) is 9.21. The van der Waals surface area contributed by atoms with E-state index in [1.54, 1.807) is 22.8 Å². The normalized spacial score (nSPS) is 14.1. The highest BCUT2D eigenvalue weighted by molar-refractivity contribution is 5.95. The van der Waals surface area contributed by atoms with Crippen LogP contribution in [0.2, 0.25) is 0 Å². The number of aryl methyl sites for hydroxylation is 1. The van der Waals surface area contributed by atoms with Crippen molar-refractivity contribution < 1.29 is 19.1 Å². The van der Waals surface area contributed by atoms with Gasteiger partial charge in [0.25, 0.3) is 0 Å². The van der Waals surface area contributed by atoms with Gasteiger partial charge in [0.2, 0.25) is 5.91 Å². The molecule has 0 radical (unpaired) electrons. The third-order valence-corrected chi connectivity index (χ3v) is 4.36. The quantitative estimate of drug-likeness (QED) is 0.845. The standard InChI is InChI=1S/C19H28N4O4/c1-5-27-19(26)23-10-8-22(9-11-23)18(25)21-16-12-15(7-6-14(16)4)20-17(24)13(2)3/h6-7,12-13H,5,8-11H2,1-4H3,(H,20,24)(H,21,25). The Morgan fingerprint density at radius 2 is 1.70 bits per heavy atom. The largest absolute Gasteiger partial charge is 0.450 e. The van der Waals surface area contributed by atoms with Crippen molar-refractivity contribution in [3.8, 4) is 0 Å². The van der Waals surface area contributed by atoms with E-state index in [1.807, 2.05) is 32.9 Å². The van der Waals surface area contributed by atoms with Gasteiger partial charge in [-0.15, -0.1) is 0 Å². The van der Waals surface area contributed by atoms with Crippen molar-refractivity contribution in [1.82, 2.24) is 9.80 Å². The summed E-state index contributed by atoms with van der Waals surface area (Å²) in [7, 11) is 0. The Labute approximate surface area is 159 Å². The first-order valence-corrected chi connectivity index (χ1v) is 9.21. The Morgan fingerprint density at radius 1 is 1.07 bits per heavy atom. The number of rotatable bonds is 4. The highest BCUT2D eigenvalue weighted by Crippen LogP contribution is 2.21. The van der Waals surface area contributed by atoms with Gasteiger partial charge in [-0.25, -0.2) is 9.59 Å². The molecular weight excluding hydrogens is 348 g/mol. The summed E-state index contributed by atoms with van der Waals surface area (Å²) >= 11 is 0. The fourth-order valence-corrected chi connectivity index (χ4v) is 2.62. The van der Waals surface area contributed by atoms with E-state index in [1.165, 1.54) is 0 Å². The summed E-state index contributed by atoms with van der Waals surface area (Å²) in [6.07, 6.45) is -0.345. The van der Waals surface area contributed by atoms with Gasteiger partial charge in [-0.05, 0) is 31.5 Å². The van der Waals surface area contributed by atoms with Crippen LogP contribution in [-0.2, 0) is 9.53 Å². The number of nitrogens with one attached hydrogen (secondary N) is 2. The van der Waals surface area contributed by atoms with E-state index in [0.717, 1.165) is 5.56 Å². The van der Waals surface area contributed by atoms with E-state index in [-0.39, 0.29) is 23.9 Å². The van der Waals surface area contributed by atoms with E-state index in [2.05, 4.69) is 10.6 Å². The maximum Gasteiger partial charge on any atom is 0.409 e. The molecule has 1 aliphatic rings. The lowest BCUT2D eigenvalue weighted by atomic mass is 10.1. The number of ether oxygens (including phenoxy) is 1. The number of anilines is 2.